The van der Waals surface area contributed by atoms with Crippen molar-refractivity contribution >= 4 is 45.6 Å². The van der Waals surface area contributed by atoms with Crippen LogP contribution in [0.3, 0.4) is 0 Å². The van der Waals surface area contributed by atoms with Gasteiger partial charge in [-0.05, 0) is 0 Å². The summed E-state index contributed by atoms with van der Waals surface area (Å²) in [7, 11) is 0. The molecule has 0 fully saturated rings. The minimum absolute atomic E-state index is 0. The van der Waals surface area contributed by atoms with Gasteiger partial charge in [0.15, 0.2) is 0 Å². The molecule has 31 valence electrons. The van der Waals surface area contributed by atoms with Crippen molar-refractivity contribution in [1.29, 1.82) is 0 Å². The van der Waals surface area contributed by atoms with Gasteiger partial charge in [-0.1, -0.05) is 0 Å². The van der Waals surface area contributed by atoms with E-state index >= 15 is 0 Å². The average Bonchev–Trinajstić information content (AvgIpc) is 0. The Morgan fingerprint density at radius 1 is 1.00 bits per heavy atom. The summed E-state index contributed by atoms with van der Waals surface area (Å²) in [5.74, 6) is 0. The van der Waals surface area contributed by atoms with Crippen molar-refractivity contribution in [3.8, 4) is 0 Å². The van der Waals surface area contributed by atoms with E-state index in [0.29, 0.717) is 0 Å². The standard InChI is InChI=1S/Cu.Ga.In.H2O.6H/h;;;1H2;;;;;;. The van der Waals surface area contributed by atoms with E-state index < -0.39 is 0 Å². The Balaban J connectivity index is 0. The van der Waals surface area contributed by atoms with Crippen molar-refractivity contribution in [2.45, 2.75) is 0 Å². The van der Waals surface area contributed by atoms with Crippen LogP contribution in [0.4, 0.5) is 0 Å². The summed E-state index contributed by atoms with van der Waals surface area (Å²) >= 11 is 0. The fraction of sp³-hybridized carbons (Fsp3) is 0. The summed E-state index contributed by atoms with van der Waals surface area (Å²) in [4.78, 5) is 0. The molecule has 0 atom stereocenters. The molecule has 1 nitrogen and oxygen atoms in total. The van der Waals surface area contributed by atoms with Crippen molar-refractivity contribution in [2.75, 3.05) is 0 Å². The second-order valence-electron chi connectivity index (χ2n) is 0. The zero-order valence-corrected chi connectivity index (χ0v) is 1.74. The quantitative estimate of drug-likeness (QED) is 0.416. The first-order valence-corrected chi connectivity index (χ1v) is 0. The van der Waals surface area contributed by atoms with Crippen molar-refractivity contribution < 1.29 is 22.5 Å². The molecule has 0 bridgehead atoms. The first-order chi connectivity index (χ1) is 0. The molecule has 4 heteroatoms. The van der Waals surface area contributed by atoms with Gasteiger partial charge in [0.1, 0.15) is 0 Å². The van der Waals surface area contributed by atoms with Crippen LogP contribution in [0.2, 0.25) is 0 Å². The molecule has 0 aromatic heterocycles. The van der Waals surface area contributed by atoms with Crippen LogP contribution in [-0.4, -0.2) is 51.1 Å². The third-order valence-corrected chi connectivity index (χ3v) is 0. The van der Waals surface area contributed by atoms with Gasteiger partial charge in [0.2, 0.25) is 0 Å². The Labute approximate surface area is 67.5 Å². The van der Waals surface area contributed by atoms with E-state index in [1.807, 2.05) is 0 Å². The molecule has 0 unspecified atom stereocenters. The second kappa shape index (κ2) is 20.1. The molecule has 0 rings (SSSR count). The monoisotopic (exact) mass is 271 g/mol. The fourth-order valence-electron chi connectivity index (χ4n) is 0. The second-order valence-corrected chi connectivity index (χ2v) is 0. The maximum absolute atomic E-state index is 0. The predicted molar refractivity (Wildman–Crippen MR) is 23.5 cm³/mol. The fourth-order valence-corrected chi connectivity index (χ4v) is 0. The van der Waals surface area contributed by atoms with Crippen LogP contribution < -0.4 is 0 Å². The first-order valence-electron chi connectivity index (χ1n) is 0. The van der Waals surface area contributed by atoms with Crippen LogP contribution in [0.5, 0.6) is 0 Å². The third-order valence-electron chi connectivity index (χ3n) is 0. The molecule has 1 radical (unpaired) electrons. The molecule has 0 saturated carbocycles. The SMILES string of the molecule is O.[Cu].[GaH3].[InH3]. The zero-order chi connectivity index (χ0) is 0. The molecular formula is H8CuGaInO. The number of hydrogen-bond donors (Lipinski definition) is 0. The molecule has 2 N–H and O–H groups in total. The van der Waals surface area contributed by atoms with Crippen LogP contribution in [0, 0.1) is 0 Å². The Morgan fingerprint density at radius 2 is 1.00 bits per heavy atom. The zero-order valence-electron chi connectivity index (χ0n) is 0.802. The molecule has 0 saturated heterocycles. The van der Waals surface area contributed by atoms with Crippen molar-refractivity contribution in [3.05, 3.63) is 0 Å². The molecular weight excluding hydrogens is 264 g/mol. The molecule has 4 heavy (non-hydrogen) atoms. The summed E-state index contributed by atoms with van der Waals surface area (Å²) in [6.45, 7) is 0. The summed E-state index contributed by atoms with van der Waals surface area (Å²) in [6.07, 6.45) is 0. The van der Waals surface area contributed by atoms with E-state index in [-0.39, 0.29) is 68.2 Å². The number of hydrogen-bond acceptors (Lipinski definition) is 0. The van der Waals surface area contributed by atoms with E-state index in [1.165, 1.54) is 0 Å². The van der Waals surface area contributed by atoms with Gasteiger partial charge in [-0.2, -0.15) is 0 Å². The van der Waals surface area contributed by atoms with Crippen molar-refractivity contribution in [2.24, 2.45) is 0 Å². The van der Waals surface area contributed by atoms with Gasteiger partial charge in [0.25, 0.3) is 0 Å². The van der Waals surface area contributed by atoms with Gasteiger partial charge in [0, 0.05) is 17.1 Å². The molecule has 0 aliphatic carbocycles. The topological polar surface area (TPSA) is 31.5 Å². The van der Waals surface area contributed by atoms with Crippen molar-refractivity contribution in [3.63, 3.8) is 0 Å². The van der Waals surface area contributed by atoms with Crippen LogP contribution in [-0.2, 0) is 17.1 Å². The van der Waals surface area contributed by atoms with Crippen molar-refractivity contribution in [1.82, 2.24) is 0 Å². The summed E-state index contributed by atoms with van der Waals surface area (Å²) < 4.78 is 0. The predicted octanol–water partition coefficient (Wildman–Crippen LogP) is -3.20. The molecule has 0 aliphatic rings. The summed E-state index contributed by atoms with van der Waals surface area (Å²) in [5, 5.41) is 0. The summed E-state index contributed by atoms with van der Waals surface area (Å²) in [5.41, 5.74) is 0. The molecule has 0 aromatic carbocycles. The molecule has 0 amide bonds. The van der Waals surface area contributed by atoms with E-state index in [1.54, 1.807) is 0 Å². The first kappa shape index (κ1) is 37.7. The average molecular weight is 272 g/mol. The van der Waals surface area contributed by atoms with Gasteiger partial charge < -0.3 is 5.48 Å². The Kier molecular flexibility index (Phi) is 189. The number of rotatable bonds is 0. The molecule has 0 spiro atoms. The molecule has 0 heterocycles. The molecule has 0 aromatic rings. The Hall–Kier alpha value is 1.99. The Bertz CT molecular complexity index is 8.00. The van der Waals surface area contributed by atoms with Gasteiger partial charge >= 0.3 is 45.6 Å². The van der Waals surface area contributed by atoms with Crippen LogP contribution in [0.15, 0.2) is 0 Å². The van der Waals surface area contributed by atoms with Crippen LogP contribution >= 0.6 is 0 Å². The van der Waals surface area contributed by atoms with Gasteiger partial charge in [-0.15, -0.1) is 0 Å². The van der Waals surface area contributed by atoms with E-state index in [4.69, 9.17) is 0 Å². The van der Waals surface area contributed by atoms with E-state index in [9.17, 15) is 0 Å². The normalized spacial score (nSPS) is 0. The van der Waals surface area contributed by atoms with Gasteiger partial charge in [0.05, 0.1) is 0 Å². The van der Waals surface area contributed by atoms with E-state index in [2.05, 4.69) is 0 Å². The maximum atomic E-state index is 0. The van der Waals surface area contributed by atoms with Crippen LogP contribution in [0.25, 0.3) is 0 Å². The van der Waals surface area contributed by atoms with Gasteiger partial charge in [-0.25, -0.2) is 0 Å². The Morgan fingerprint density at radius 3 is 1.00 bits per heavy atom. The minimum atomic E-state index is 0. The molecule has 0 aliphatic heterocycles. The summed E-state index contributed by atoms with van der Waals surface area (Å²) in [6, 6.07) is 0. The van der Waals surface area contributed by atoms with Crippen LogP contribution in [0.1, 0.15) is 0 Å². The van der Waals surface area contributed by atoms with E-state index in [0.717, 1.165) is 0 Å². The third kappa shape index (κ3) is 9.01. The van der Waals surface area contributed by atoms with Gasteiger partial charge in [-0.3, -0.25) is 0 Å².